The van der Waals surface area contributed by atoms with Crippen molar-refractivity contribution in [1.29, 1.82) is 0 Å². The van der Waals surface area contributed by atoms with Crippen LogP contribution in [0.4, 0.5) is 5.69 Å². The normalized spacial score (nSPS) is 15.1. The summed E-state index contributed by atoms with van der Waals surface area (Å²) in [7, 11) is 0. The zero-order valence-corrected chi connectivity index (χ0v) is 15.4. The number of benzene rings is 2. The van der Waals surface area contributed by atoms with Crippen LogP contribution in [0, 0.1) is 0 Å². The lowest BCUT2D eigenvalue weighted by Gasteiger charge is -2.27. The lowest BCUT2D eigenvalue weighted by molar-refractivity contribution is -0.153. The van der Waals surface area contributed by atoms with Crippen LogP contribution < -0.4 is 5.32 Å². The fourth-order valence-electron chi connectivity index (χ4n) is 3.60. The third-order valence-electron chi connectivity index (χ3n) is 5.08. The van der Waals surface area contributed by atoms with Gasteiger partial charge in [0.05, 0.1) is 5.41 Å². The molecule has 3 rings (SSSR count). The summed E-state index contributed by atoms with van der Waals surface area (Å²) in [6.07, 6.45) is 3.42. The number of hydrogen-bond donors (Lipinski definition) is 1. The molecule has 0 aromatic heterocycles. The number of rotatable bonds is 6. The van der Waals surface area contributed by atoms with Crippen LogP contribution in [0.25, 0.3) is 0 Å². The molecule has 0 bridgehead atoms. The SMILES string of the molecule is CC(=O)c1ccc(NC(=O)COC(=O)C2(c3ccccc3)CCCC2)cc1. The first-order valence-corrected chi connectivity index (χ1v) is 9.15. The summed E-state index contributed by atoms with van der Waals surface area (Å²) >= 11 is 0. The van der Waals surface area contributed by atoms with Crippen LogP contribution in [0.15, 0.2) is 54.6 Å². The van der Waals surface area contributed by atoms with Gasteiger partial charge < -0.3 is 10.1 Å². The van der Waals surface area contributed by atoms with E-state index in [1.807, 2.05) is 30.3 Å². The zero-order chi connectivity index (χ0) is 19.3. The van der Waals surface area contributed by atoms with Crippen LogP contribution in [0.3, 0.4) is 0 Å². The fourth-order valence-corrected chi connectivity index (χ4v) is 3.60. The highest BCUT2D eigenvalue weighted by molar-refractivity contribution is 5.96. The first-order chi connectivity index (χ1) is 13.0. The number of anilines is 1. The number of hydrogen-bond acceptors (Lipinski definition) is 4. The molecule has 1 fully saturated rings. The molecule has 0 atom stereocenters. The number of amides is 1. The van der Waals surface area contributed by atoms with E-state index in [2.05, 4.69) is 5.32 Å². The summed E-state index contributed by atoms with van der Waals surface area (Å²) in [5, 5.41) is 2.68. The molecule has 1 aliphatic carbocycles. The number of ketones is 1. The molecule has 1 saturated carbocycles. The maximum atomic E-state index is 12.8. The van der Waals surface area contributed by atoms with E-state index in [1.54, 1.807) is 24.3 Å². The van der Waals surface area contributed by atoms with Crippen molar-refractivity contribution in [3.63, 3.8) is 0 Å². The molecule has 0 unspecified atom stereocenters. The van der Waals surface area contributed by atoms with Crippen LogP contribution in [0.1, 0.15) is 48.5 Å². The van der Waals surface area contributed by atoms with Crippen molar-refractivity contribution in [2.75, 3.05) is 11.9 Å². The summed E-state index contributed by atoms with van der Waals surface area (Å²) < 4.78 is 5.37. The predicted octanol–water partition coefficient (Wildman–Crippen LogP) is 3.88. The monoisotopic (exact) mass is 365 g/mol. The van der Waals surface area contributed by atoms with E-state index in [1.165, 1.54) is 6.92 Å². The third-order valence-corrected chi connectivity index (χ3v) is 5.08. The number of ether oxygens (including phenoxy) is 1. The van der Waals surface area contributed by atoms with E-state index in [-0.39, 0.29) is 18.4 Å². The van der Waals surface area contributed by atoms with Gasteiger partial charge in [-0.05, 0) is 49.6 Å². The van der Waals surface area contributed by atoms with E-state index >= 15 is 0 Å². The van der Waals surface area contributed by atoms with Gasteiger partial charge in [-0.1, -0.05) is 43.2 Å². The Balaban J connectivity index is 1.60. The van der Waals surface area contributed by atoms with Crippen molar-refractivity contribution < 1.29 is 19.1 Å². The van der Waals surface area contributed by atoms with Gasteiger partial charge in [-0.25, -0.2) is 0 Å². The van der Waals surface area contributed by atoms with Crippen LogP contribution in [-0.2, 0) is 19.7 Å². The first-order valence-electron chi connectivity index (χ1n) is 9.15. The first kappa shape index (κ1) is 18.8. The second-order valence-electron chi connectivity index (χ2n) is 6.91. The average molecular weight is 365 g/mol. The van der Waals surface area contributed by atoms with Gasteiger partial charge in [0, 0.05) is 11.3 Å². The fraction of sp³-hybridized carbons (Fsp3) is 0.318. The van der Waals surface area contributed by atoms with Gasteiger partial charge in [0.15, 0.2) is 12.4 Å². The molecule has 5 heteroatoms. The van der Waals surface area contributed by atoms with Gasteiger partial charge in [0.1, 0.15) is 0 Å². The van der Waals surface area contributed by atoms with Crippen molar-refractivity contribution in [3.8, 4) is 0 Å². The van der Waals surface area contributed by atoms with E-state index in [0.717, 1.165) is 31.2 Å². The Bertz CT molecular complexity index is 821. The quantitative estimate of drug-likeness (QED) is 0.623. The van der Waals surface area contributed by atoms with Crippen molar-refractivity contribution in [2.24, 2.45) is 0 Å². The minimum atomic E-state index is -0.648. The number of carbonyl (C=O) groups is 3. The minimum absolute atomic E-state index is 0.0374. The predicted molar refractivity (Wildman–Crippen MR) is 103 cm³/mol. The summed E-state index contributed by atoms with van der Waals surface area (Å²) in [4.78, 5) is 36.2. The zero-order valence-electron chi connectivity index (χ0n) is 15.4. The maximum Gasteiger partial charge on any atom is 0.317 e. The largest absolute Gasteiger partial charge is 0.455 e. The van der Waals surface area contributed by atoms with Gasteiger partial charge in [0.2, 0.25) is 0 Å². The molecule has 0 aliphatic heterocycles. The highest BCUT2D eigenvalue weighted by Crippen LogP contribution is 2.42. The van der Waals surface area contributed by atoms with Gasteiger partial charge >= 0.3 is 5.97 Å². The molecule has 1 amide bonds. The van der Waals surface area contributed by atoms with Crippen LogP contribution in [0.2, 0.25) is 0 Å². The van der Waals surface area contributed by atoms with E-state index in [0.29, 0.717) is 11.3 Å². The lowest BCUT2D eigenvalue weighted by Crippen LogP contribution is -2.36. The van der Waals surface area contributed by atoms with E-state index in [4.69, 9.17) is 4.74 Å². The molecular weight excluding hydrogens is 342 g/mol. The molecular formula is C22H23NO4. The van der Waals surface area contributed by atoms with E-state index in [9.17, 15) is 14.4 Å². The summed E-state index contributed by atoms with van der Waals surface area (Å²) in [6, 6.07) is 16.2. The minimum Gasteiger partial charge on any atom is -0.455 e. The Hall–Kier alpha value is -2.95. The maximum absolute atomic E-state index is 12.8. The van der Waals surface area contributed by atoms with Gasteiger partial charge in [-0.3, -0.25) is 14.4 Å². The number of Topliss-reactive ketones (excluding diaryl/α,β-unsaturated/α-hetero) is 1. The third kappa shape index (κ3) is 4.25. The lowest BCUT2D eigenvalue weighted by atomic mass is 9.79. The van der Waals surface area contributed by atoms with Crippen molar-refractivity contribution >= 4 is 23.3 Å². The molecule has 0 heterocycles. The van der Waals surface area contributed by atoms with E-state index < -0.39 is 11.3 Å². The highest BCUT2D eigenvalue weighted by atomic mass is 16.5. The Morgan fingerprint density at radius 1 is 0.963 bits per heavy atom. The van der Waals surface area contributed by atoms with Crippen LogP contribution in [-0.4, -0.2) is 24.3 Å². The second kappa shape index (κ2) is 8.16. The Morgan fingerprint density at radius 2 is 1.59 bits per heavy atom. The molecule has 2 aromatic carbocycles. The van der Waals surface area contributed by atoms with Gasteiger partial charge in [-0.2, -0.15) is 0 Å². The topological polar surface area (TPSA) is 72.5 Å². The van der Waals surface area contributed by atoms with Crippen LogP contribution in [0.5, 0.6) is 0 Å². The molecule has 27 heavy (non-hydrogen) atoms. The van der Waals surface area contributed by atoms with Gasteiger partial charge in [0.25, 0.3) is 5.91 Å². The van der Waals surface area contributed by atoms with Gasteiger partial charge in [-0.15, -0.1) is 0 Å². The summed E-state index contributed by atoms with van der Waals surface area (Å²) in [5.74, 6) is -0.780. The molecule has 1 aliphatic rings. The molecule has 0 radical (unpaired) electrons. The van der Waals surface area contributed by atoms with Crippen molar-refractivity contribution in [3.05, 3.63) is 65.7 Å². The Labute approximate surface area is 158 Å². The number of carbonyl (C=O) groups excluding carboxylic acids is 3. The smallest absolute Gasteiger partial charge is 0.317 e. The Kier molecular flexibility index (Phi) is 5.69. The molecule has 1 N–H and O–H groups in total. The number of nitrogens with one attached hydrogen (secondary N) is 1. The average Bonchev–Trinajstić information content (AvgIpc) is 3.18. The Morgan fingerprint density at radius 3 is 2.19 bits per heavy atom. The second-order valence-corrected chi connectivity index (χ2v) is 6.91. The molecule has 140 valence electrons. The molecule has 5 nitrogen and oxygen atoms in total. The molecule has 2 aromatic rings. The highest BCUT2D eigenvalue weighted by Gasteiger charge is 2.44. The summed E-state index contributed by atoms with van der Waals surface area (Å²) in [6.45, 7) is 1.15. The summed E-state index contributed by atoms with van der Waals surface area (Å²) in [5.41, 5.74) is 1.43. The van der Waals surface area contributed by atoms with Crippen molar-refractivity contribution in [2.45, 2.75) is 38.0 Å². The standard InChI is InChI=1S/C22H23NO4/c1-16(24)17-9-11-19(12-10-17)23-20(25)15-27-21(26)22(13-5-6-14-22)18-7-3-2-4-8-18/h2-4,7-12H,5-6,13-15H2,1H3,(H,23,25). The molecule has 0 saturated heterocycles. The molecule has 0 spiro atoms. The van der Waals surface area contributed by atoms with Crippen molar-refractivity contribution in [1.82, 2.24) is 0 Å². The number of esters is 1. The van der Waals surface area contributed by atoms with Crippen LogP contribution >= 0.6 is 0 Å².